The van der Waals surface area contributed by atoms with Crippen LogP contribution in [0.3, 0.4) is 0 Å². The fourth-order valence-corrected chi connectivity index (χ4v) is 2.71. The molecule has 4 atom stereocenters. The Bertz CT molecular complexity index is 447. The highest BCUT2D eigenvalue weighted by atomic mass is 19.1. The van der Waals surface area contributed by atoms with Crippen LogP contribution in [0.15, 0.2) is 0 Å². The zero-order valence-corrected chi connectivity index (χ0v) is 11.5. The Morgan fingerprint density at radius 3 is 2.71 bits per heavy atom. The largest absolute Gasteiger partial charge is 0.468 e. The van der Waals surface area contributed by atoms with E-state index in [4.69, 9.17) is 5.11 Å². The maximum absolute atomic E-state index is 13.3. The highest BCUT2D eigenvalue weighted by molar-refractivity contribution is 5.86. The van der Waals surface area contributed by atoms with Gasteiger partial charge in [-0.3, -0.25) is 14.5 Å². The molecule has 21 heavy (non-hydrogen) atoms. The summed E-state index contributed by atoms with van der Waals surface area (Å²) in [6.07, 6.45) is -2.43. The van der Waals surface area contributed by atoms with E-state index in [-0.39, 0.29) is 19.0 Å². The molecule has 8 nitrogen and oxygen atoms in total. The second-order valence-corrected chi connectivity index (χ2v) is 5.21. The number of methoxy groups -OCH3 is 1. The summed E-state index contributed by atoms with van der Waals surface area (Å²) in [7, 11) is 1.28. The van der Waals surface area contributed by atoms with Crippen molar-refractivity contribution in [2.24, 2.45) is 0 Å². The number of nitrogens with zero attached hydrogens (tertiary/aromatic N) is 1. The maximum Gasteiger partial charge on any atom is 0.408 e. The molecular formula is C12H18FN3O5. The van der Waals surface area contributed by atoms with E-state index in [9.17, 15) is 18.8 Å². The average molecular weight is 303 g/mol. The zero-order valence-electron chi connectivity index (χ0n) is 11.5. The highest BCUT2D eigenvalue weighted by Crippen LogP contribution is 2.21. The number of likely N-dealkylation sites (tertiary alicyclic amines) is 1. The molecular weight excluding hydrogens is 285 g/mol. The van der Waals surface area contributed by atoms with Crippen molar-refractivity contribution in [2.45, 2.75) is 37.1 Å². The number of halogens is 1. The fourth-order valence-electron chi connectivity index (χ4n) is 2.71. The predicted molar refractivity (Wildman–Crippen MR) is 68.4 cm³/mol. The molecule has 2 heterocycles. The molecule has 3 N–H and O–H groups in total. The van der Waals surface area contributed by atoms with Crippen molar-refractivity contribution in [1.29, 1.82) is 0 Å². The van der Waals surface area contributed by atoms with Crippen molar-refractivity contribution in [2.75, 3.05) is 20.2 Å². The summed E-state index contributed by atoms with van der Waals surface area (Å²) in [6.45, 7) is 0.0888. The first kappa shape index (κ1) is 15.5. The van der Waals surface area contributed by atoms with Crippen molar-refractivity contribution in [3.05, 3.63) is 0 Å². The SMILES string of the molecule is COC(=O)[C@H]1C[C@@H](NC(=O)[C@@H]2C[C@H](F)CN2C(=O)O)CN1. The van der Waals surface area contributed by atoms with Crippen molar-refractivity contribution in [1.82, 2.24) is 15.5 Å². The monoisotopic (exact) mass is 303 g/mol. The number of hydrogen-bond acceptors (Lipinski definition) is 5. The van der Waals surface area contributed by atoms with Gasteiger partial charge in [0.05, 0.1) is 13.7 Å². The molecule has 2 fully saturated rings. The number of carbonyl (C=O) groups excluding carboxylic acids is 2. The molecule has 0 aliphatic carbocycles. The van der Waals surface area contributed by atoms with E-state index in [0.29, 0.717) is 13.0 Å². The van der Waals surface area contributed by atoms with E-state index >= 15 is 0 Å². The Morgan fingerprint density at radius 2 is 2.10 bits per heavy atom. The average Bonchev–Trinajstić information content (AvgIpc) is 3.04. The van der Waals surface area contributed by atoms with Crippen LogP contribution >= 0.6 is 0 Å². The van der Waals surface area contributed by atoms with Crippen LogP contribution in [0.5, 0.6) is 0 Å². The number of nitrogens with one attached hydrogen (secondary N) is 2. The molecule has 9 heteroatoms. The maximum atomic E-state index is 13.3. The van der Waals surface area contributed by atoms with E-state index in [1.807, 2.05) is 0 Å². The molecule has 2 aliphatic rings. The normalized spacial score (nSPS) is 32.0. The minimum absolute atomic E-state index is 0.140. The number of alkyl halides is 1. The van der Waals surface area contributed by atoms with Gasteiger partial charge in [0.25, 0.3) is 0 Å². The standard InChI is InChI=1S/C12H18FN3O5/c1-21-11(18)8-3-7(4-14-8)15-10(17)9-2-6(13)5-16(9)12(19)20/h6-9,14H,2-5H2,1H3,(H,15,17)(H,19,20)/t6-,7+,8+,9-/m0/s1. The lowest BCUT2D eigenvalue weighted by atomic mass is 10.1. The van der Waals surface area contributed by atoms with Crippen LogP contribution in [-0.2, 0) is 14.3 Å². The van der Waals surface area contributed by atoms with Gasteiger partial charge in [0.2, 0.25) is 5.91 Å². The van der Waals surface area contributed by atoms with Gasteiger partial charge in [-0.15, -0.1) is 0 Å². The molecule has 0 saturated carbocycles. The number of rotatable bonds is 3. The molecule has 0 radical (unpaired) electrons. The summed E-state index contributed by atoms with van der Waals surface area (Å²) in [6, 6.07) is -1.82. The van der Waals surface area contributed by atoms with Gasteiger partial charge in [0, 0.05) is 19.0 Å². The van der Waals surface area contributed by atoms with E-state index in [0.717, 1.165) is 4.90 Å². The van der Waals surface area contributed by atoms with Gasteiger partial charge in [0.1, 0.15) is 18.3 Å². The smallest absolute Gasteiger partial charge is 0.408 e. The third-order valence-corrected chi connectivity index (χ3v) is 3.76. The Labute approximate surface area is 120 Å². The fraction of sp³-hybridized carbons (Fsp3) is 0.750. The van der Waals surface area contributed by atoms with Gasteiger partial charge < -0.3 is 20.5 Å². The van der Waals surface area contributed by atoms with Crippen molar-refractivity contribution in [3.63, 3.8) is 0 Å². The second-order valence-electron chi connectivity index (χ2n) is 5.21. The minimum Gasteiger partial charge on any atom is -0.468 e. The number of carbonyl (C=O) groups is 3. The van der Waals surface area contributed by atoms with Crippen LogP contribution in [0, 0.1) is 0 Å². The van der Waals surface area contributed by atoms with Crippen LogP contribution in [0.1, 0.15) is 12.8 Å². The van der Waals surface area contributed by atoms with Crippen LogP contribution in [0.25, 0.3) is 0 Å². The molecule has 2 saturated heterocycles. The molecule has 118 valence electrons. The Balaban J connectivity index is 1.90. The van der Waals surface area contributed by atoms with Crippen LogP contribution in [-0.4, -0.2) is 72.5 Å². The molecule has 2 aliphatic heterocycles. The van der Waals surface area contributed by atoms with Crippen LogP contribution in [0.4, 0.5) is 9.18 Å². The third kappa shape index (κ3) is 3.41. The summed E-state index contributed by atoms with van der Waals surface area (Å²) >= 11 is 0. The molecule has 2 rings (SSSR count). The summed E-state index contributed by atoms with van der Waals surface area (Å²) in [5, 5.41) is 14.5. The van der Waals surface area contributed by atoms with E-state index in [1.54, 1.807) is 0 Å². The van der Waals surface area contributed by atoms with Gasteiger partial charge in [-0.05, 0) is 6.42 Å². The van der Waals surface area contributed by atoms with Gasteiger partial charge in [-0.2, -0.15) is 0 Å². The number of esters is 1. The lowest BCUT2D eigenvalue weighted by molar-refractivity contribution is -0.142. The first-order valence-corrected chi connectivity index (χ1v) is 6.67. The predicted octanol–water partition coefficient (Wildman–Crippen LogP) is -0.903. The Kier molecular flexibility index (Phi) is 4.61. The minimum atomic E-state index is -1.33. The molecule has 0 aromatic carbocycles. The highest BCUT2D eigenvalue weighted by Gasteiger charge is 2.41. The summed E-state index contributed by atoms with van der Waals surface area (Å²) < 4.78 is 17.9. The molecule has 0 unspecified atom stereocenters. The van der Waals surface area contributed by atoms with Crippen molar-refractivity contribution < 1.29 is 28.6 Å². The van der Waals surface area contributed by atoms with E-state index < -0.39 is 36.2 Å². The van der Waals surface area contributed by atoms with Gasteiger partial charge in [-0.25, -0.2) is 9.18 Å². The molecule has 0 aromatic heterocycles. The first-order chi connectivity index (χ1) is 9.92. The summed E-state index contributed by atoms with van der Waals surface area (Å²) in [5.41, 5.74) is 0. The second kappa shape index (κ2) is 6.25. The molecule has 2 amide bonds. The quantitative estimate of drug-likeness (QED) is 0.583. The number of amides is 2. The molecule has 0 spiro atoms. The van der Waals surface area contributed by atoms with E-state index in [1.165, 1.54) is 7.11 Å². The summed E-state index contributed by atoms with van der Waals surface area (Å²) in [5.74, 6) is -0.946. The van der Waals surface area contributed by atoms with Crippen molar-refractivity contribution in [3.8, 4) is 0 Å². The van der Waals surface area contributed by atoms with Gasteiger partial charge in [-0.1, -0.05) is 0 Å². The third-order valence-electron chi connectivity index (χ3n) is 3.76. The zero-order chi connectivity index (χ0) is 15.6. The van der Waals surface area contributed by atoms with E-state index in [2.05, 4.69) is 15.4 Å². The number of carboxylic acid groups (broad SMARTS) is 1. The van der Waals surface area contributed by atoms with Crippen LogP contribution in [0.2, 0.25) is 0 Å². The lowest BCUT2D eigenvalue weighted by Crippen LogP contribution is -2.49. The van der Waals surface area contributed by atoms with Gasteiger partial charge in [0.15, 0.2) is 0 Å². The first-order valence-electron chi connectivity index (χ1n) is 6.67. The van der Waals surface area contributed by atoms with Crippen LogP contribution < -0.4 is 10.6 Å². The molecule has 0 aromatic rings. The lowest BCUT2D eigenvalue weighted by Gasteiger charge is -2.22. The van der Waals surface area contributed by atoms with Gasteiger partial charge >= 0.3 is 12.1 Å². The van der Waals surface area contributed by atoms with Crippen molar-refractivity contribution >= 4 is 18.0 Å². The Hall–Kier alpha value is -1.90. The topological polar surface area (TPSA) is 108 Å². The Morgan fingerprint density at radius 1 is 1.38 bits per heavy atom. The number of hydrogen-bond donors (Lipinski definition) is 3. The molecule has 0 bridgehead atoms. The summed E-state index contributed by atoms with van der Waals surface area (Å²) in [4.78, 5) is 35.2. The number of ether oxygens (including phenoxy) is 1.